The molecular formula is C15H19NS. The van der Waals surface area contributed by atoms with Crippen molar-refractivity contribution in [3.63, 3.8) is 0 Å². The van der Waals surface area contributed by atoms with Crippen molar-refractivity contribution < 1.29 is 0 Å². The van der Waals surface area contributed by atoms with E-state index >= 15 is 0 Å². The first kappa shape index (κ1) is 12.3. The fraction of sp³-hybridized carbons (Fsp3) is 0.333. The molecular weight excluding hydrogens is 226 g/mol. The smallest absolute Gasteiger partial charge is 0.0386 e. The molecule has 0 aliphatic rings. The van der Waals surface area contributed by atoms with Gasteiger partial charge in [-0.2, -0.15) is 0 Å². The standard InChI is InChI=1S/C15H19NS/c1-4-16-12(3)14-8-9-15(17-14)13-7-5-6-11(2)10-13/h5-10,12,16H,4H2,1-3H3. The monoisotopic (exact) mass is 245 g/mol. The lowest BCUT2D eigenvalue weighted by Crippen LogP contribution is -2.16. The highest BCUT2D eigenvalue weighted by Crippen LogP contribution is 2.31. The van der Waals surface area contributed by atoms with Gasteiger partial charge in [-0.25, -0.2) is 0 Å². The van der Waals surface area contributed by atoms with Crippen LogP contribution in [0.5, 0.6) is 0 Å². The van der Waals surface area contributed by atoms with Crippen LogP contribution in [0.25, 0.3) is 10.4 Å². The first-order chi connectivity index (χ1) is 8.20. The van der Waals surface area contributed by atoms with Crippen molar-refractivity contribution in [1.29, 1.82) is 0 Å². The molecule has 2 heteroatoms. The Kier molecular flexibility index (Phi) is 3.97. The first-order valence-electron chi connectivity index (χ1n) is 6.11. The lowest BCUT2D eigenvalue weighted by atomic mass is 10.1. The Morgan fingerprint density at radius 3 is 2.76 bits per heavy atom. The van der Waals surface area contributed by atoms with Gasteiger partial charge in [0, 0.05) is 15.8 Å². The van der Waals surface area contributed by atoms with E-state index in [2.05, 4.69) is 62.5 Å². The summed E-state index contributed by atoms with van der Waals surface area (Å²) < 4.78 is 0. The Morgan fingerprint density at radius 1 is 1.24 bits per heavy atom. The van der Waals surface area contributed by atoms with Crippen LogP contribution in [-0.4, -0.2) is 6.54 Å². The summed E-state index contributed by atoms with van der Waals surface area (Å²) in [6.45, 7) is 7.51. The van der Waals surface area contributed by atoms with Crippen molar-refractivity contribution >= 4 is 11.3 Å². The maximum atomic E-state index is 3.45. The van der Waals surface area contributed by atoms with Crippen molar-refractivity contribution in [3.05, 3.63) is 46.8 Å². The molecule has 1 aromatic carbocycles. The Bertz CT molecular complexity index is 487. The van der Waals surface area contributed by atoms with E-state index in [1.165, 1.54) is 20.9 Å². The van der Waals surface area contributed by atoms with Crippen molar-refractivity contribution in [2.24, 2.45) is 0 Å². The van der Waals surface area contributed by atoms with Crippen LogP contribution in [0.1, 0.15) is 30.3 Å². The van der Waals surface area contributed by atoms with Crippen molar-refractivity contribution in [1.82, 2.24) is 5.32 Å². The molecule has 1 nitrogen and oxygen atoms in total. The molecule has 0 spiro atoms. The molecule has 1 unspecified atom stereocenters. The van der Waals surface area contributed by atoms with Crippen LogP contribution >= 0.6 is 11.3 Å². The molecule has 17 heavy (non-hydrogen) atoms. The van der Waals surface area contributed by atoms with E-state index < -0.39 is 0 Å². The van der Waals surface area contributed by atoms with E-state index in [9.17, 15) is 0 Å². The third kappa shape index (κ3) is 2.96. The molecule has 1 atom stereocenters. The number of nitrogens with one attached hydrogen (secondary N) is 1. The van der Waals surface area contributed by atoms with Crippen molar-refractivity contribution in [2.75, 3.05) is 6.54 Å². The van der Waals surface area contributed by atoms with E-state index in [1.54, 1.807) is 0 Å². The van der Waals surface area contributed by atoms with Crippen LogP contribution in [0.3, 0.4) is 0 Å². The first-order valence-corrected chi connectivity index (χ1v) is 6.92. The minimum absolute atomic E-state index is 0.448. The molecule has 1 heterocycles. The van der Waals surface area contributed by atoms with Crippen LogP contribution in [0.15, 0.2) is 36.4 Å². The number of rotatable bonds is 4. The number of aryl methyl sites for hydroxylation is 1. The largest absolute Gasteiger partial charge is 0.310 e. The Morgan fingerprint density at radius 2 is 2.06 bits per heavy atom. The zero-order chi connectivity index (χ0) is 12.3. The van der Waals surface area contributed by atoms with Crippen LogP contribution in [0.2, 0.25) is 0 Å². The summed E-state index contributed by atoms with van der Waals surface area (Å²) in [5.41, 5.74) is 2.64. The van der Waals surface area contributed by atoms with Gasteiger partial charge in [0.1, 0.15) is 0 Å². The second-order valence-electron chi connectivity index (χ2n) is 4.35. The van der Waals surface area contributed by atoms with Gasteiger partial charge in [-0.05, 0) is 38.1 Å². The molecule has 0 aliphatic heterocycles. The molecule has 0 aliphatic carbocycles. The van der Waals surface area contributed by atoms with Crippen molar-refractivity contribution in [2.45, 2.75) is 26.8 Å². The van der Waals surface area contributed by atoms with Crippen LogP contribution in [0, 0.1) is 6.92 Å². The summed E-state index contributed by atoms with van der Waals surface area (Å²) in [5, 5.41) is 3.45. The van der Waals surface area contributed by atoms with Gasteiger partial charge >= 0.3 is 0 Å². The predicted octanol–water partition coefficient (Wildman–Crippen LogP) is 4.39. The van der Waals surface area contributed by atoms with Gasteiger partial charge in [-0.1, -0.05) is 36.8 Å². The SMILES string of the molecule is CCNC(C)c1ccc(-c2cccc(C)c2)s1. The zero-order valence-corrected chi connectivity index (χ0v) is 11.5. The maximum Gasteiger partial charge on any atom is 0.0386 e. The summed E-state index contributed by atoms with van der Waals surface area (Å²) in [7, 11) is 0. The van der Waals surface area contributed by atoms with Gasteiger partial charge in [0.15, 0.2) is 0 Å². The molecule has 1 aromatic heterocycles. The maximum absolute atomic E-state index is 3.45. The highest BCUT2D eigenvalue weighted by Gasteiger charge is 2.08. The second kappa shape index (κ2) is 5.48. The lowest BCUT2D eigenvalue weighted by molar-refractivity contribution is 0.607. The summed E-state index contributed by atoms with van der Waals surface area (Å²) in [6, 6.07) is 13.6. The molecule has 0 saturated heterocycles. The third-order valence-electron chi connectivity index (χ3n) is 2.87. The normalized spacial score (nSPS) is 12.6. The topological polar surface area (TPSA) is 12.0 Å². The molecule has 2 aromatic rings. The van der Waals surface area contributed by atoms with Crippen molar-refractivity contribution in [3.8, 4) is 10.4 Å². The molecule has 90 valence electrons. The van der Waals surface area contributed by atoms with Crippen LogP contribution in [0.4, 0.5) is 0 Å². The fourth-order valence-corrected chi connectivity index (χ4v) is 2.98. The molecule has 0 bridgehead atoms. The fourth-order valence-electron chi connectivity index (χ4n) is 1.95. The molecule has 0 radical (unpaired) electrons. The molecule has 0 amide bonds. The second-order valence-corrected chi connectivity index (χ2v) is 5.47. The van der Waals surface area contributed by atoms with E-state index in [-0.39, 0.29) is 0 Å². The Hall–Kier alpha value is -1.12. The third-order valence-corrected chi connectivity index (χ3v) is 4.18. The van der Waals surface area contributed by atoms with Gasteiger partial charge in [0.05, 0.1) is 0 Å². The highest BCUT2D eigenvalue weighted by molar-refractivity contribution is 7.15. The van der Waals surface area contributed by atoms with E-state index in [4.69, 9.17) is 0 Å². The van der Waals surface area contributed by atoms with Crippen LogP contribution in [-0.2, 0) is 0 Å². The summed E-state index contributed by atoms with van der Waals surface area (Å²) >= 11 is 1.88. The number of thiophene rings is 1. The highest BCUT2D eigenvalue weighted by atomic mass is 32.1. The average molecular weight is 245 g/mol. The number of hydrogen-bond donors (Lipinski definition) is 1. The van der Waals surface area contributed by atoms with E-state index in [1.807, 2.05) is 11.3 Å². The Balaban J connectivity index is 2.23. The van der Waals surface area contributed by atoms with Gasteiger partial charge in [-0.15, -0.1) is 11.3 Å². The van der Waals surface area contributed by atoms with E-state index in [0.717, 1.165) is 6.54 Å². The Labute approximate surface area is 108 Å². The minimum Gasteiger partial charge on any atom is -0.310 e. The number of benzene rings is 1. The van der Waals surface area contributed by atoms with E-state index in [0.29, 0.717) is 6.04 Å². The van der Waals surface area contributed by atoms with Gasteiger partial charge in [0.25, 0.3) is 0 Å². The number of hydrogen-bond acceptors (Lipinski definition) is 2. The summed E-state index contributed by atoms with van der Waals surface area (Å²) in [4.78, 5) is 2.76. The zero-order valence-electron chi connectivity index (χ0n) is 10.7. The lowest BCUT2D eigenvalue weighted by Gasteiger charge is -2.09. The van der Waals surface area contributed by atoms with Gasteiger partial charge in [-0.3, -0.25) is 0 Å². The average Bonchev–Trinajstić information content (AvgIpc) is 2.78. The molecule has 0 fully saturated rings. The predicted molar refractivity (Wildman–Crippen MR) is 76.6 cm³/mol. The molecule has 2 rings (SSSR count). The molecule has 1 N–H and O–H groups in total. The summed E-state index contributed by atoms with van der Waals surface area (Å²) in [5.74, 6) is 0. The van der Waals surface area contributed by atoms with Crippen LogP contribution < -0.4 is 5.32 Å². The molecule has 0 saturated carbocycles. The van der Waals surface area contributed by atoms with Gasteiger partial charge < -0.3 is 5.32 Å². The van der Waals surface area contributed by atoms with Gasteiger partial charge in [0.2, 0.25) is 0 Å². The quantitative estimate of drug-likeness (QED) is 0.842. The summed E-state index contributed by atoms with van der Waals surface area (Å²) in [6.07, 6.45) is 0. The minimum atomic E-state index is 0.448.